The molecule has 0 unspecified atom stereocenters. The van der Waals surface area contributed by atoms with E-state index in [9.17, 15) is 19.8 Å². The van der Waals surface area contributed by atoms with Crippen LogP contribution in [0.3, 0.4) is 0 Å². The first-order chi connectivity index (χ1) is 21.2. The van der Waals surface area contributed by atoms with Gasteiger partial charge in [-0.05, 0) is 37.5 Å². The van der Waals surface area contributed by atoms with Crippen molar-refractivity contribution in [1.29, 1.82) is 0 Å². The van der Waals surface area contributed by atoms with Gasteiger partial charge in [0.05, 0.1) is 0 Å². The van der Waals surface area contributed by atoms with E-state index in [1.54, 1.807) is 0 Å². The monoisotopic (exact) mass is 674 g/mol. The summed E-state index contributed by atoms with van der Waals surface area (Å²) in [5.41, 5.74) is 0. The molecule has 0 rings (SSSR count). The molecule has 0 saturated heterocycles. The number of carboxylic acid groups (broad SMARTS) is 2. The molecule has 0 atom stereocenters. The molecule has 0 N–H and O–H groups in total. The van der Waals surface area contributed by atoms with Crippen LogP contribution in [0.25, 0.3) is 0 Å². The molecule has 0 bridgehead atoms. The molecule has 0 amide bonds. The minimum absolute atomic E-state index is 0. The molecule has 45 heavy (non-hydrogen) atoms. The summed E-state index contributed by atoms with van der Waals surface area (Å²) in [6.45, 7) is 8.24. The second-order valence-electron chi connectivity index (χ2n) is 13.5. The van der Waals surface area contributed by atoms with E-state index in [-0.39, 0.29) is 34.6 Å². The zero-order valence-corrected chi connectivity index (χ0v) is 31.9. The average Bonchev–Trinajstić information content (AvgIpc) is 2.97. The molecule has 0 aromatic carbocycles. The minimum Gasteiger partial charge on any atom is -0.855 e. The van der Waals surface area contributed by atoms with E-state index >= 15 is 0 Å². The number of carboxylic acids is 2. The molecule has 0 aromatic rings. The molecule has 266 valence electrons. The van der Waals surface area contributed by atoms with E-state index in [0.717, 1.165) is 37.5 Å². The number of hydrogen-bond donors (Lipinski definition) is 0. The third-order valence-corrected chi connectivity index (χ3v) is 7.91. The fourth-order valence-electron chi connectivity index (χ4n) is 5.18. The predicted octanol–water partition coefficient (Wildman–Crippen LogP) is 7.41. The fraction of sp³-hybridized carbons (Fsp3) is 0.947. The Balaban J connectivity index is -0.000000327. The summed E-state index contributed by atoms with van der Waals surface area (Å²) < 4.78 is 0. The maximum absolute atomic E-state index is 10.2. The average molecular weight is 675 g/mol. The van der Waals surface area contributed by atoms with E-state index in [1.165, 1.54) is 141 Å². The smallest absolute Gasteiger partial charge is 0.855 e. The van der Waals surface area contributed by atoms with Crippen LogP contribution in [0.1, 0.15) is 207 Å². The van der Waals surface area contributed by atoms with Crippen molar-refractivity contribution in [3.63, 3.8) is 0 Å². The van der Waals surface area contributed by atoms with Crippen LogP contribution in [0.4, 0.5) is 0 Å². The van der Waals surface area contributed by atoms with Crippen LogP contribution >= 0.6 is 0 Å². The van der Waals surface area contributed by atoms with Gasteiger partial charge in [-0.25, -0.2) is 0 Å². The van der Waals surface area contributed by atoms with E-state index in [2.05, 4.69) is 27.7 Å². The van der Waals surface area contributed by atoms with Gasteiger partial charge < -0.3 is 30.0 Å². The maximum Gasteiger partial charge on any atom is 4.00 e. The predicted molar refractivity (Wildman–Crippen MR) is 179 cm³/mol. The molecule has 0 radical (unpaired) electrons. The summed E-state index contributed by atoms with van der Waals surface area (Å²) in [5.74, 6) is -0.0830. The largest absolute Gasteiger partial charge is 4.00 e. The Morgan fingerprint density at radius 3 is 0.711 bits per heavy atom. The summed E-state index contributed by atoms with van der Waals surface area (Å²) in [6.07, 6.45) is 34.0. The third kappa shape index (κ3) is 63.0. The van der Waals surface area contributed by atoms with Gasteiger partial charge in [-0.2, -0.15) is 13.2 Å². The van der Waals surface area contributed by atoms with E-state index in [0.29, 0.717) is 0 Å². The summed E-state index contributed by atoms with van der Waals surface area (Å²) in [6, 6.07) is 0. The zero-order valence-electron chi connectivity index (χ0n) is 30.3. The minimum atomic E-state index is -0.904. The van der Waals surface area contributed by atoms with Crippen LogP contribution in [-0.2, 0) is 31.3 Å². The van der Waals surface area contributed by atoms with Crippen molar-refractivity contribution in [2.45, 2.75) is 207 Å². The first-order valence-electron chi connectivity index (χ1n) is 18.7. The summed E-state index contributed by atoms with van der Waals surface area (Å²) in [4.78, 5) is 20.4. The van der Waals surface area contributed by atoms with Gasteiger partial charge >= 0.3 is 21.7 Å². The van der Waals surface area contributed by atoms with Crippen LogP contribution in [0.15, 0.2) is 0 Å². The van der Waals surface area contributed by atoms with Crippen molar-refractivity contribution in [3.8, 4) is 0 Å². The van der Waals surface area contributed by atoms with Crippen molar-refractivity contribution in [3.05, 3.63) is 0 Å². The molecule has 0 spiro atoms. The second-order valence-corrected chi connectivity index (χ2v) is 13.5. The Labute approximate surface area is 295 Å². The first-order valence-corrected chi connectivity index (χ1v) is 18.7. The van der Waals surface area contributed by atoms with Crippen molar-refractivity contribution < 1.29 is 51.7 Å². The number of carbonyl (C=O) groups excluding carboxylic acids is 2. The van der Waals surface area contributed by atoms with Gasteiger partial charge in [0, 0.05) is 11.9 Å². The van der Waals surface area contributed by atoms with Crippen LogP contribution in [0.2, 0.25) is 0 Å². The molecule has 0 aromatic heterocycles. The third-order valence-electron chi connectivity index (χ3n) is 7.91. The molecular formula is C38H74O6Ti. The second kappa shape index (κ2) is 45.7. The number of unbranched alkanes of at least 4 members (excludes halogenated alkanes) is 22. The van der Waals surface area contributed by atoms with Gasteiger partial charge in [-0.3, -0.25) is 0 Å². The van der Waals surface area contributed by atoms with Crippen LogP contribution in [0.5, 0.6) is 0 Å². The first kappa shape index (κ1) is 51.4. The molecular weight excluding hydrogens is 600 g/mol. The summed E-state index contributed by atoms with van der Waals surface area (Å²) in [7, 11) is 0. The Kier molecular flexibility index (Phi) is 52.2. The quantitative estimate of drug-likeness (QED) is 0.0557. The molecule has 0 heterocycles. The van der Waals surface area contributed by atoms with E-state index in [4.69, 9.17) is 10.2 Å². The van der Waals surface area contributed by atoms with E-state index < -0.39 is 25.2 Å². The standard InChI is InChI=1S/2C18H36O2.C2H4O2.Ti/c2*1-17(2)15-13-11-9-7-5-3-4-6-8-10-12-14-16-18(19)20;3-1-2-4;/h2*17H,3-16H2,1-2H3,(H,19,20);1-2H2;/q;;-2;+4/p-2. The van der Waals surface area contributed by atoms with Gasteiger partial charge in [-0.1, -0.05) is 182 Å². The fourth-order valence-corrected chi connectivity index (χ4v) is 5.18. The normalized spacial score (nSPS) is 10.6. The van der Waals surface area contributed by atoms with Gasteiger partial charge in [0.2, 0.25) is 0 Å². The van der Waals surface area contributed by atoms with Crippen LogP contribution < -0.4 is 20.4 Å². The topological polar surface area (TPSA) is 126 Å². The maximum atomic E-state index is 10.2. The summed E-state index contributed by atoms with van der Waals surface area (Å²) >= 11 is 0. The Hall–Kier alpha value is -0.426. The number of rotatable bonds is 31. The molecule has 0 fully saturated rings. The SMILES string of the molecule is CC(C)CCCCCCCCCCCCCCC(=O)[O-].CC(C)CCCCCCCCCCCCCCC(=O)[O-].[O-]CC[O-].[Ti+4]. The van der Waals surface area contributed by atoms with Crippen molar-refractivity contribution in [2.75, 3.05) is 13.2 Å². The van der Waals surface area contributed by atoms with Gasteiger partial charge in [-0.15, -0.1) is 0 Å². The number of aliphatic carboxylic acids is 2. The Morgan fingerprint density at radius 1 is 0.378 bits per heavy atom. The number of hydrogen-bond acceptors (Lipinski definition) is 6. The zero-order chi connectivity index (χ0) is 33.5. The van der Waals surface area contributed by atoms with Crippen molar-refractivity contribution in [2.24, 2.45) is 11.8 Å². The van der Waals surface area contributed by atoms with Gasteiger partial charge in [0.15, 0.2) is 0 Å². The summed E-state index contributed by atoms with van der Waals surface area (Å²) in [5, 5.41) is 38.4. The Bertz CT molecular complexity index is 508. The van der Waals surface area contributed by atoms with Crippen LogP contribution in [0, 0.1) is 11.8 Å². The van der Waals surface area contributed by atoms with Gasteiger partial charge in [0.1, 0.15) is 0 Å². The molecule has 0 aliphatic carbocycles. The molecule has 6 nitrogen and oxygen atoms in total. The molecule has 0 aliphatic heterocycles. The molecule has 0 saturated carbocycles. The van der Waals surface area contributed by atoms with Gasteiger partial charge in [0.25, 0.3) is 0 Å². The number of carbonyl (C=O) groups is 2. The van der Waals surface area contributed by atoms with Crippen molar-refractivity contribution >= 4 is 11.9 Å². The van der Waals surface area contributed by atoms with Crippen LogP contribution in [-0.4, -0.2) is 25.2 Å². The molecule has 0 aliphatic rings. The Morgan fingerprint density at radius 2 is 0.556 bits per heavy atom. The molecule has 7 heteroatoms. The van der Waals surface area contributed by atoms with E-state index in [1.807, 2.05) is 0 Å². The van der Waals surface area contributed by atoms with Crippen molar-refractivity contribution in [1.82, 2.24) is 0 Å².